The summed E-state index contributed by atoms with van der Waals surface area (Å²) in [7, 11) is 3.94. The molecule has 2 N–H and O–H groups in total. The molecule has 3 rings (SSSR count). The van der Waals surface area contributed by atoms with E-state index in [0.717, 1.165) is 23.5 Å². The van der Waals surface area contributed by atoms with Crippen LogP contribution in [0.4, 0.5) is 22.9 Å². The Balaban J connectivity index is 1.73. The van der Waals surface area contributed by atoms with Crippen molar-refractivity contribution in [3.63, 3.8) is 0 Å². The molecular weight excluding hydrogens is 338 g/mol. The van der Waals surface area contributed by atoms with Gasteiger partial charge in [-0.15, -0.1) is 0 Å². The lowest BCUT2D eigenvalue weighted by atomic mass is 10.1. The molecule has 6 nitrogen and oxygen atoms in total. The Kier molecular flexibility index (Phi) is 5.66. The zero-order valence-electron chi connectivity index (χ0n) is 15.7. The van der Waals surface area contributed by atoms with Crippen molar-refractivity contribution >= 4 is 28.8 Å². The summed E-state index contributed by atoms with van der Waals surface area (Å²) in [4.78, 5) is 22.8. The van der Waals surface area contributed by atoms with Crippen LogP contribution in [-0.2, 0) is 6.42 Å². The molecule has 0 spiro atoms. The summed E-state index contributed by atoms with van der Waals surface area (Å²) in [5.74, 6) is 0.306. The van der Waals surface area contributed by atoms with Crippen LogP contribution in [0.1, 0.15) is 23.0 Å². The standard InChI is InChI=1S/C21H23N5O/c1-4-15-7-5-6-8-18(15)25-20-13-19(22-14-23-20)21(27)24-16-9-11-17(12-10-16)26(2)3/h5-14H,4H2,1-3H3,(H,24,27)(H,22,23,25). The molecule has 0 saturated carbocycles. The number of para-hydroxylation sites is 1. The van der Waals surface area contributed by atoms with Crippen LogP contribution in [0, 0.1) is 0 Å². The van der Waals surface area contributed by atoms with Crippen molar-refractivity contribution < 1.29 is 4.79 Å². The highest BCUT2D eigenvalue weighted by molar-refractivity contribution is 6.03. The van der Waals surface area contributed by atoms with Crippen LogP contribution in [0.5, 0.6) is 0 Å². The summed E-state index contributed by atoms with van der Waals surface area (Å²) in [5.41, 5.74) is 4.25. The third-order valence-electron chi connectivity index (χ3n) is 4.20. The van der Waals surface area contributed by atoms with Crippen LogP contribution < -0.4 is 15.5 Å². The van der Waals surface area contributed by atoms with Gasteiger partial charge in [-0.25, -0.2) is 9.97 Å². The SMILES string of the molecule is CCc1ccccc1Nc1cc(C(=O)Nc2ccc(N(C)C)cc2)ncn1. The number of benzene rings is 2. The average Bonchev–Trinajstić information content (AvgIpc) is 2.69. The number of carbonyl (C=O) groups is 1. The Morgan fingerprint density at radius 2 is 1.78 bits per heavy atom. The van der Waals surface area contributed by atoms with Gasteiger partial charge in [0.15, 0.2) is 0 Å². The molecule has 0 fully saturated rings. The fraction of sp³-hybridized carbons (Fsp3) is 0.190. The second kappa shape index (κ2) is 8.31. The van der Waals surface area contributed by atoms with Crippen molar-refractivity contribution in [3.05, 3.63) is 72.2 Å². The number of aryl methyl sites for hydroxylation is 1. The molecule has 6 heteroatoms. The maximum Gasteiger partial charge on any atom is 0.274 e. The second-order valence-corrected chi connectivity index (χ2v) is 6.32. The van der Waals surface area contributed by atoms with Gasteiger partial charge < -0.3 is 15.5 Å². The van der Waals surface area contributed by atoms with Crippen LogP contribution in [0.25, 0.3) is 0 Å². The smallest absolute Gasteiger partial charge is 0.274 e. The number of aromatic nitrogens is 2. The van der Waals surface area contributed by atoms with Crippen molar-refractivity contribution in [1.29, 1.82) is 0 Å². The summed E-state index contributed by atoms with van der Waals surface area (Å²) in [5, 5.41) is 6.13. The molecule has 0 bridgehead atoms. The van der Waals surface area contributed by atoms with Gasteiger partial charge in [0.1, 0.15) is 17.8 Å². The van der Waals surface area contributed by atoms with Crippen LogP contribution in [0.3, 0.4) is 0 Å². The van der Waals surface area contributed by atoms with E-state index < -0.39 is 0 Å². The number of anilines is 4. The van der Waals surface area contributed by atoms with E-state index >= 15 is 0 Å². The predicted octanol–water partition coefficient (Wildman–Crippen LogP) is 4.10. The molecule has 3 aromatic rings. The normalized spacial score (nSPS) is 10.3. The number of hydrogen-bond donors (Lipinski definition) is 2. The molecule has 1 aromatic heterocycles. The quantitative estimate of drug-likeness (QED) is 0.692. The molecular formula is C21H23N5O. The minimum absolute atomic E-state index is 0.276. The number of nitrogens with zero attached hydrogens (tertiary/aromatic N) is 3. The largest absolute Gasteiger partial charge is 0.378 e. The molecule has 1 amide bonds. The molecule has 0 aliphatic heterocycles. The van der Waals surface area contributed by atoms with Crippen LogP contribution in [0.15, 0.2) is 60.9 Å². The first-order valence-corrected chi connectivity index (χ1v) is 8.82. The van der Waals surface area contributed by atoms with E-state index in [0.29, 0.717) is 11.5 Å². The Hall–Kier alpha value is -3.41. The lowest BCUT2D eigenvalue weighted by Crippen LogP contribution is -2.14. The minimum atomic E-state index is -0.276. The third-order valence-corrected chi connectivity index (χ3v) is 4.20. The molecule has 1 heterocycles. The number of nitrogens with one attached hydrogen (secondary N) is 2. The van der Waals surface area contributed by atoms with E-state index in [9.17, 15) is 4.79 Å². The van der Waals surface area contributed by atoms with Crippen molar-refractivity contribution in [2.24, 2.45) is 0 Å². The van der Waals surface area contributed by atoms with Crippen molar-refractivity contribution in [2.75, 3.05) is 29.6 Å². The topological polar surface area (TPSA) is 70.2 Å². The lowest BCUT2D eigenvalue weighted by molar-refractivity contribution is 0.102. The first kappa shape index (κ1) is 18.4. The Morgan fingerprint density at radius 1 is 1.04 bits per heavy atom. The zero-order valence-corrected chi connectivity index (χ0v) is 15.7. The van der Waals surface area contributed by atoms with E-state index in [1.165, 1.54) is 11.9 Å². The van der Waals surface area contributed by atoms with Gasteiger partial charge in [-0.3, -0.25) is 4.79 Å². The molecule has 0 aliphatic rings. The van der Waals surface area contributed by atoms with Crippen LogP contribution in [0.2, 0.25) is 0 Å². The summed E-state index contributed by atoms with van der Waals surface area (Å²) in [6.45, 7) is 2.10. The van der Waals surface area contributed by atoms with E-state index in [2.05, 4.69) is 33.6 Å². The van der Waals surface area contributed by atoms with Gasteiger partial charge in [0.2, 0.25) is 0 Å². The molecule has 138 valence electrons. The van der Waals surface area contributed by atoms with Crippen molar-refractivity contribution in [1.82, 2.24) is 9.97 Å². The Labute approximate surface area is 159 Å². The van der Waals surface area contributed by atoms with E-state index in [-0.39, 0.29) is 5.91 Å². The van der Waals surface area contributed by atoms with Gasteiger partial charge in [-0.05, 0) is 42.3 Å². The third kappa shape index (κ3) is 4.61. The highest BCUT2D eigenvalue weighted by atomic mass is 16.1. The minimum Gasteiger partial charge on any atom is -0.378 e. The molecule has 2 aromatic carbocycles. The highest BCUT2D eigenvalue weighted by Crippen LogP contribution is 2.21. The van der Waals surface area contributed by atoms with Crippen LogP contribution in [-0.4, -0.2) is 30.0 Å². The van der Waals surface area contributed by atoms with Gasteiger partial charge in [-0.2, -0.15) is 0 Å². The maximum atomic E-state index is 12.5. The van der Waals surface area contributed by atoms with Gasteiger partial charge in [-0.1, -0.05) is 25.1 Å². The second-order valence-electron chi connectivity index (χ2n) is 6.32. The number of carbonyl (C=O) groups excluding carboxylic acids is 1. The van der Waals surface area contributed by atoms with Gasteiger partial charge >= 0.3 is 0 Å². The summed E-state index contributed by atoms with van der Waals surface area (Å²) >= 11 is 0. The molecule has 0 saturated heterocycles. The van der Waals surface area contributed by atoms with Crippen molar-refractivity contribution in [3.8, 4) is 0 Å². The summed E-state index contributed by atoms with van der Waals surface area (Å²) < 4.78 is 0. The van der Waals surface area contributed by atoms with Gasteiger partial charge in [0, 0.05) is 37.2 Å². The summed E-state index contributed by atoms with van der Waals surface area (Å²) in [6, 6.07) is 17.3. The average molecular weight is 361 g/mol. The molecule has 0 radical (unpaired) electrons. The van der Waals surface area contributed by atoms with E-state index in [1.54, 1.807) is 6.07 Å². The van der Waals surface area contributed by atoms with Gasteiger partial charge in [0.25, 0.3) is 5.91 Å². The maximum absolute atomic E-state index is 12.5. The zero-order chi connectivity index (χ0) is 19.2. The monoisotopic (exact) mass is 361 g/mol. The molecule has 27 heavy (non-hydrogen) atoms. The van der Waals surface area contributed by atoms with Gasteiger partial charge in [0.05, 0.1) is 0 Å². The first-order valence-electron chi connectivity index (χ1n) is 8.82. The van der Waals surface area contributed by atoms with E-state index in [4.69, 9.17) is 0 Å². The lowest BCUT2D eigenvalue weighted by Gasteiger charge is -2.13. The predicted molar refractivity (Wildman–Crippen MR) is 110 cm³/mol. The number of rotatable bonds is 6. The summed E-state index contributed by atoms with van der Waals surface area (Å²) in [6.07, 6.45) is 2.30. The molecule has 0 atom stereocenters. The number of hydrogen-bond acceptors (Lipinski definition) is 5. The fourth-order valence-electron chi connectivity index (χ4n) is 2.68. The highest BCUT2D eigenvalue weighted by Gasteiger charge is 2.10. The van der Waals surface area contributed by atoms with E-state index in [1.807, 2.05) is 61.5 Å². The molecule has 0 aliphatic carbocycles. The first-order chi connectivity index (χ1) is 13.1. The fourth-order valence-corrected chi connectivity index (χ4v) is 2.68. The van der Waals surface area contributed by atoms with Crippen molar-refractivity contribution in [2.45, 2.75) is 13.3 Å². The number of amides is 1. The Bertz CT molecular complexity index is 922. The molecule has 0 unspecified atom stereocenters. The van der Waals surface area contributed by atoms with Crippen LogP contribution >= 0.6 is 0 Å². The Morgan fingerprint density at radius 3 is 2.48 bits per heavy atom.